The van der Waals surface area contributed by atoms with Crippen LogP contribution in [0.3, 0.4) is 0 Å². The van der Waals surface area contributed by atoms with Crippen LogP contribution >= 0.6 is 23.2 Å². The molecule has 26 heavy (non-hydrogen) atoms. The lowest BCUT2D eigenvalue weighted by atomic mass is 10.3. The number of hydrogen-bond donors (Lipinski definition) is 4. The Kier molecular flexibility index (Phi) is 6.76. The molecule has 4 N–H and O–H groups in total. The van der Waals surface area contributed by atoms with Crippen molar-refractivity contribution in [1.29, 1.82) is 0 Å². The average Bonchev–Trinajstić information content (AvgIpc) is 2.64. The Morgan fingerprint density at radius 2 is 1.15 bits per heavy atom. The summed E-state index contributed by atoms with van der Waals surface area (Å²) in [5.74, 6) is -1.00. The second-order valence-corrected chi connectivity index (χ2v) is 5.72. The Morgan fingerprint density at radius 1 is 0.769 bits per heavy atom. The number of anilines is 2. The number of rotatable bonds is 6. The molecule has 0 spiro atoms. The lowest BCUT2D eigenvalue weighted by Crippen LogP contribution is -2.44. The number of halogens is 2. The van der Waals surface area contributed by atoms with Crippen LogP contribution in [0, 0.1) is 0 Å². The maximum atomic E-state index is 11.9. The minimum absolute atomic E-state index is 0.394. The Morgan fingerprint density at radius 3 is 1.50 bits per heavy atom. The van der Waals surface area contributed by atoms with Crippen molar-refractivity contribution in [2.75, 3.05) is 25.1 Å². The number of amides is 2. The molecule has 138 valence electrons. The monoisotopic (exact) mass is 398 g/mol. The fraction of sp³-hybridized carbons (Fsp3) is 0.125. The largest absolute Gasteiger partial charge is 0.495 e. The Balaban J connectivity index is 1.93. The first-order chi connectivity index (χ1) is 12.4. The van der Waals surface area contributed by atoms with Gasteiger partial charge in [-0.15, -0.1) is 0 Å². The number of benzene rings is 2. The van der Waals surface area contributed by atoms with Gasteiger partial charge in [-0.1, -0.05) is 23.2 Å². The molecule has 2 aromatic carbocycles. The molecular weight excluding hydrogens is 383 g/mol. The lowest BCUT2D eigenvalue weighted by molar-refractivity contribution is -0.138. The minimum atomic E-state index is -0.944. The van der Waals surface area contributed by atoms with Gasteiger partial charge in [0.1, 0.15) is 11.5 Å². The van der Waals surface area contributed by atoms with Crippen LogP contribution in [0.5, 0.6) is 11.5 Å². The second-order valence-electron chi connectivity index (χ2n) is 4.85. The number of hydrogen-bond acceptors (Lipinski definition) is 6. The predicted molar refractivity (Wildman–Crippen MR) is 99.5 cm³/mol. The van der Waals surface area contributed by atoms with Gasteiger partial charge in [0.25, 0.3) is 0 Å². The van der Waals surface area contributed by atoms with E-state index in [-0.39, 0.29) is 0 Å². The van der Waals surface area contributed by atoms with Crippen molar-refractivity contribution in [3.63, 3.8) is 0 Å². The van der Waals surface area contributed by atoms with Crippen LogP contribution in [0.2, 0.25) is 10.0 Å². The molecule has 0 aliphatic rings. The highest BCUT2D eigenvalue weighted by molar-refractivity contribution is 6.35. The van der Waals surface area contributed by atoms with Crippen LogP contribution in [-0.2, 0) is 9.59 Å². The number of nitrogens with one attached hydrogen (secondary N) is 4. The fourth-order valence-electron chi connectivity index (χ4n) is 1.92. The van der Waals surface area contributed by atoms with E-state index in [1.807, 2.05) is 0 Å². The van der Waals surface area contributed by atoms with E-state index in [4.69, 9.17) is 32.7 Å². The van der Waals surface area contributed by atoms with Crippen molar-refractivity contribution < 1.29 is 19.1 Å². The summed E-state index contributed by atoms with van der Waals surface area (Å²) < 4.78 is 10.2. The van der Waals surface area contributed by atoms with E-state index in [1.165, 1.54) is 26.4 Å². The fourth-order valence-corrected chi connectivity index (χ4v) is 2.26. The number of methoxy groups -OCH3 is 2. The van der Waals surface area contributed by atoms with E-state index in [9.17, 15) is 9.59 Å². The van der Waals surface area contributed by atoms with E-state index in [0.717, 1.165) is 0 Å². The maximum Gasteiger partial charge on any atom is 0.329 e. The molecule has 0 radical (unpaired) electrons. The van der Waals surface area contributed by atoms with Crippen LogP contribution in [0.15, 0.2) is 36.4 Å². The van der Waals surface area contributed by atoms with Crippen LogP contribution in [0.1, 0.15) is 0 Å². The van der Waals surface area contributed by atoms with Crippen molar-refractivity contribution in [3.8, 4) is 11.5 Å². The normalized spacial score (nSPS) is 9.85. The van der Waals surface area contributed by atoms with Crippen LogP contribution in [-0.4, -0.2) is 26.0 Å². The molecule has 0 heterocycles. The molecule has 0 atom stereocenters. The molecule has 2 amide bonds. The SMILES string of the molecule is COc1ccc(Cl)cc1NNC(=O)C(=O)NNc1cc(Cl)ccc1OC. The number of carbonyl (C=O) groups is 2. The molecule has 10 heteroatoms. The summed E-state index contributed by atoms with van der Waals surface area (Å²) in [6.07, 6.45) is 0. The van der Waals surface area contributed by atoms with Crippen molar-refractivity contribution >= 4 is 46.4 Å². The summed E-state index contributed by atoms with van der Waals surface area (Å²) in [4.78, 5) is 23.8. The summed E-state index contributed by atoms with van der Waals surface area (Å²) in [5, 5.41) is 0.864. The molecule has 0 aromatic heterocycles. The third kappa shape index (κ3) is 5.08. The molecule has 0 unspecified atom stereocenters. The number of carbonyl (C=O) groups excluding carboxylic acids is 2. The number of hydrazine groups is 2. The average molecular weight is 399 g/mol. The third-order valence-corrected chi connectivity index (χ3v) is 3.62. The van der Waals surface area contributed by atoms with Gasteiger partial charge in [-0.3, -0.25) is 31.3 Å². The van der Waals surface area contributed by atoms with Gasteiger partial charge < -0.3 is 9.47 Å². The van der Waals surface area contributed by atoms with Gasteiger partial charge in [-0.05, 0) is 36.4 Å². The van der Waals surface area contributed by atoms with E-state index in [2.05, 4.69) is 21.7 Å². The molecule has 0 bridgehead atoms. The zero-order valence-corrected chi connectivity index (χ0v) is 15.4. The van der Waals surface area contributed by atoms with Gasteiger partial charge in [0.15, 0.2) is 0 Å². The summed E-state index contributed by atoms with van der Waals surface area (Å²) in [6, 6.07) is 9.56. The third-order valence-electron chi connectivity index (χ3n) is 3.15. The standard InChI is InChI=1S/C16H16Cl2N4O4/c1-25-13-5-3-9(17)7-11(13)19-21-15(23)16(24)22-20-12-8-10(18)4-6-14(12)26-2/h3-8,19-20H,1-2H3,(H,21,23)(H,22,24). The molecule has 8 nitrogen and oxygen atoms in total. The molecule has 2 rings (SSSR count). The number of ether oxygens (including phenoxy) is 2. The minimum Gasteiger partial charge on any atom is -0.495 e. The topological polar surface area (TPSA) is 101 Å². The summed E-state index contributed by atoms with van der Waals surface area (Å²) in [5.41, 5.74) is 10.4. The van der Waals surface area contributed by atoms with Gasteiger partial charge >= 0.3 is 11.8 Å². The summed E-state index contributed by atoms with van der Waals surface area (Å²) in [6.45, 7) is 0. The second kappa shape index (κ2) is 9.02. The Hall–Kier alpha value is -2.84. The first kappa shape index (κ1) is 19.5. The zero-order valence-electron chi connectivity index (χ0n) is 13.9. The van der Waals surface area contributed by atoms with Gasteiger partial charge in [0.2, 0.25) is 0 Å². The van der Waals surface area contributed by atoms with E-state index in [0.29, 0.717) is 32.9 Å². The quantitative estimate of drug-likeness (QED) is 0.440. The first-order valence-electron chi connectivity index (χ1n) is 7.24. The van der Waals surface area contributed by atoms with Gasteiger partial charge in [0.05, 0.1) is 25.6 Å². The van der Waals surface area contributed by atoms with E-state index in [1.54, 1.807) is 24.3 Å². The van der Waals surface area contributed by atoms with Crippen LogP contribution in [0.25, 0.3) is 0 Å². The zero-order chi connectivity index (χ0) is 19.1. The van der Waals surface area contributed by atoms with Crippen molar-refractivity contribution in [2.45, 2.75) is 0 Å². The van der Waals surface area contributed by atoms with Crippen molar-refractivity contribution in [3.05, 3.63) is 46.4 Å². The molecule has 0 saturated carbocycles. The molecular formula is C16H16Cl2N4O4. The van der Waals surface area contributed by atoms with E-state index >= 15 is 0 Å². The highest BCUT2D eigenvalue weighted by atomic mass is 35.5. The predicted octanol–water partition coefficient (Wildman–Crippen LogP) is 2.60. The molecule has 0 aliphatic heterocycles. The van der Waals surface area contributed by atoms with Crippen molar-refractivity contribution in [1.82, 2.24) is 10.9 Å². The highest BCUT2D eigenvalue weighted by Crippen LogP contribution is 2.27. The van der Waals surface area contributed by atoms with E-state index < -0.39 is 11.8 Å². The summed E-state index contributed by atoms with van der Waals surface area (Å²) in [7, 11) is 2.93. The van der Waals surface area contributed by atoms with Gasteiger partial charge in [-0.2, -0.15) is 0 Å². The molecule has 0 aliphatic carbocycles. The van der Waals surface area contributed by atoms with Crippen LogP contribution in [0.4, 0.5) is 11.4 Å². The lowest BCUT2D eigenvalue weighted by Gasteiger charge is -2.14. The smallest absolute Gasteiger partial charge is 0.329 e. The van der Waals surface area contributed by atoms with Gasteiger partial charge in [-0.25, -0.2) is 0 Å². The Labute approximate surface area is 159 Å². The van der Waals surface area contributed by atoms with Gasteiger partial charge in [0, 0.05) is 10.0 Å². The first-order valence-corrected chi connectivity index (χ1v) is 7.99. The van der Waals surface area contributed by atoms with Crippen molar-refractivity contribution in [2.24, 2.45) is 0 Å². The maximum absolute atomic E-state index is 11.9. The molecule has 0 fully saturated rings. The Bertz CT molecular complexity index is 749. The molecule has 0 saturated heterocycles. The van der Waals surface area contributed by atoms with Crippen LogP contribution < -0.4 is 31.2 Å². The highest BCUT2D eigenvalue weighted by Gasteiger charge is 2.15. The summed E-state index contributed by atoms with van der Waals surface area (Å²) >= 11 is 11.8. The molecule has 2 aromatic rings.